The van der Waals surface area contributed by atoms with Crippen molar-refractivity contribution in [1.29, 1.82) is 0 Å². The number of benzene rings is 1. The van der Waals surface area contributed by atoms with Gasteiger partial charge in [-0.3, -0.25) is 9.36 Å². The molecule has 1 aromatic carbocycles. The Kier molecular flexibility index (Phi) is 3.79. The molecule has 0 atom stereocenters. The van der Waals surface area contributed by atoms with Gasteiger partial charge in [-0.05, 0) is 43.5 Å². The van der Waals surface area contributed by atoms with E-state index in [1.807, 2.05) is 6.07 Å². The molecule has 0 bridgehead atoms. The zero-order valence-electron chi connectivity index (χ0n) is 13.2. The van der Waals surface area contributed by atoms with Crippen LogP contribution in [-0.2, 0) is 6.54 Å². The summed E-state index contributed by atoms with van der Waals surface area (Å²) in [5.41, 5.74) is 3.94. The number of hydrogen-bond donors (Lipinski definition) is 0. The fourth-order valence-electron chi connectivity index (χ4n) is 2.48. The zero-order valence-corrected chi connectivity index (χ0v) is 13.2. The molecule has 0 aliphatic heterocycles. The number of aromatic nitrogens is 4. The van der Waals surface area contributed by atoms with E-state index in [0.29, 0.717) is 17.6 Å². The second-order valence-corrected chi connectivity index (χ2v) is 5.66. The largest absolute Gasteiger partial charge is 0.299 e. The highest BCUT2D eigenvalue weighted by Gasteiger charge is 2.11. The average Bonchev–Trinajstić information content (AvgIpc) is 2.94. The highest BCUT2D eigenvalue weighted by atomic mass is 16.1. The summed E-state index contributed by atoms with van der Waals surface area (Å²) in [7, 11) is 0. The summed E-state index contributed by atoms with van der Waals surface area (Å²) >= 11 is 0. The van der Waals surface area contributed by atoms with Gasteiger partial charge >= 0.3 is 0 Å². The van der Waals surface area contributed by atoms with Crippen LogP contribution in [0.25, 0.3) is 16.7 Å². The van der Waals surface area contributed by atoms with Crippen LogP contribution in [0.3, 0.4) is 0 Å². The van der Waals surface area contributed by atoms with Crippen molar-refractivity contribution in [2.24, 2.45) is 0 Å². The zero-order chi connectivity index (χ0) is 15.7. The van der Waals surface area contributed by atoms with Crippen LogP contribution in [0.1, 0.15) is 30.9 Å². The molecule has 0 saturated heterocycles. The van der Waals surface area contributed by atoms with E-state index >= 15 is 0 Å². The number of nitrogens with zero attached hydrogens (tertiary/aromatic N) is 4. The molecule has 3 rings (SSSR count). The number of hydrogen-bond acceptors (Lipinski definition) is 3. The van der Waals surface area contributed by atoms with Crippen LogP contribution < -0.4 is 5.56 Å². The van der Waals surface area contributed by atoms with E-state index in [0.717, 1.165) is 18.5 Å². The first-order valence-electron chi connectivity index (χ1n) is 7.62. The molecule has 0 spiro atoms. The van der Waals surface area contributed by atoms with Crippen LogP contribution in [0.4, 0.5) is 0 Å². The maximum absolute atomic E-state index is 12.5. The van der Waals surface area contributed by atoms with Gasteiger partial charge in [-0.25, -0.2) is 9.67 Å². The van der Waals surface area contributed by atoms with Gasteiger partial charge in [0.25, 0.3) is 5.56 Å². The van der Waals surface area contributed by atoms with E-state index in [1.54, 1.807) is 21.8 Å². The molecule has 0 unspecified atom stereocenters. The molecule has 22 heavy (non-hydrogen) atoms. The minimum atomic E-state index is -0.0199. The molecule has 3 aromatic rings. The maximum Gasteiger partial charge on any atom is 0.264 e. The number of fused-ring (bicyclic) bond motifs is 1. The van der Waals surface area contributed by atoms with Gasteiger partial charge in [0.1, 0.15) is 5.39 Å². The monoisotopic (exact) mass is 296 g/mol. The summed E-state index contributed by atoms with van der Waals surface area (Å²) in [5.74, 6) is 0. The summed E-state index contributed by atoms with van der Waals surface area (Å²) in [5, 5.41) is 4.93. The third kappa shape index (κ3) is 2.43. The Morgan fingerprint density at radius 2 is 2.00 bits per heavy atom. The van der Waals surface area contributed by atoms with Crippen LogP contribution in [0.15, 0.2) is 35.5 Å². The molecule has 0 amide bonds. The third-order valence-electron chi connectivity index (χ3n) is 4.04. The van der Waals surface area contributed by atoms with Gasteiger partial charge in [-0.1, -0.05) is 19.4 Å². The fourth-order valence-corrected chi connectivity index (χ4v) is 2.48. The Labute approximate surface area is 129 Å². The third-order valence-corrected chi connectivity index (χ3v) is 4.04. The maximum atomic E-state index is 12.5. The van der Waals surface area contributed by atoms with Crippen molar-refractivity contribution in [3.8, 4) is 5.69 Å². The minimum Gasteiger partial charge on any atom is -0.299 e. The number of rotatable bonds is 4. The Morgan fingerprint density at radius 1 is 1.18 bits per heavy atom. The second kappa shape index (κ2) is 5.75. The van der Waals surface area contributed by atoms with E-state index in [-0.39, 0.29) is 5.56 Å². The van der Waals surface area contributed by atoms with Crippen LogP contribution in [0.5, 0.6) is 0 Å². The van der Waals surface area contributed by atoms with E-state index in [4.69, 9.17) is 0 Å². The van der Waals surface area contributed by atoms with Gasteiger partial charge in [-0.15, -0.1) is 0 Å². The molecule has 5 heteroatoms. The minimum absolute atomic E-state index is 0.0199. The quantitative estimate of drug-likeness (QED) is 0.743. The lowest BCUT2D eigenvalue weighted by Crippen LogP contribution is -2.20. The van der Waals surface area contributed by atoms with Crippen LogP contribution in [0, 0.1) is 13.8 Å². The summed E-state index contributed by atoms with van der Waals surface area (Å²) in [6.07, 6.45) is 5.26. The molecule has 5 nitrogen and oxygen atoms in total. The molecule has 0 saturated carbocycles. The van der Waals surface area contributed by atoms with Crippen LogP contribution >= 0.6 is 0 Å². The smallest absolute Gasteiger partial charge is 0.264 e. The summed E-state index contributed by atoms with van der Waals surface area (Å²) in [4.78, 5) is 16.9. The molecule has 0 N–H and O–H groups in total. The summed E-state index contributed by atoms with van der Waals surface area (Å²) in [6.45, 7) is 6.95. The highest BCUT2D eigenvalue weighted by molar-refractivity contribution is 5.75. The van der Waals surface area contributed by atoms with Gasteiger partial charge < -0.3 is 0 Å². The van der Waals surface area contributed by atoms with E-state index in [1.165, 1.54) is 11.1 Å². The molecule has 0 aliphatic rings. The Hall–Kier alpha value is -2.43. The van der Waals surface area contributed by atoms with Crippen molar-refractivity contribution in [2.75, 3.05) is 0 Å². The van der Waals surface area contributed by atoms with E-state index in [2.05, 4.69) is 43.0 Å². The van der Waals surface area contributed by atoms with Crippen molar-refractivity contribution >= 4 is 11.0 Å². The van der Waals surface area contributed by atoms with E-state index in [9.17, 15) is 4.79 Å². The Balaban J connectivity index is 2.11. The predicted octanol–water partition coefficient (Wildman–Crippen LogP) is 3.00. The summed E-state index contributed by atoms with van der Waals surface area (Å²) in [6, 6.07) is 6.12. The first-order valence-corrected chi connectivity index (χ1v) is 7.62. The van der Waals surface area contributed by atoms with E-state index < -0.39 is 0 Å². The lowest BCUT2D eigenvalue weighted by molar-refractivity contribution is 0.608. The van der Waals surface area contributed by atoms with Gasteiger partial charge in [0, 0.05) is 6.54 Å². The molecule has 2 aromatic heterocycles. The normalized spacial score (nSPS) is 11.2. The van der Waals surface area contributed by atoms with Gasteiger partial charge in [0.05, 0.1) is 18.2 Å². The molecule has 0 aliphatic carbocycles. The van der Waals surface area contributed by atoms with Crippen LogP contribution in [-0.4, -0.2) is 19.3 Å². The Bertz CT molecular complexity index is 876. The molecule has 0 radical (unpaired) electrons. The van der Waals surface area contributed by atoms with Gasteiger partial charge in [-0.2, -0.15) is 5.10 Å². The lowest BCUT2D eigenvalue weighted by atomic mass is 10.1. The first-order chi connectivity index (χ1) is 10.6. The predicted molar refractivity (Wildman–Crippen MR) is 87.5 cm³/mol. The van der Waals surface area contributed by atoms with Crippen molar-refractivity contribution in [3.05, 3.63) is 52.2 Å². The molecule has 2 heterocycles. The summed E-state index contributed by atoms with van der Waals surface area (Å²) < 4.78 is 3.39. The lowest BCUT2D eigenvalue weighted by Gasteiger charge is -2.07. The van der Waals surface area contributed by atoms with Crippen molar-refractivity contribution in [1.82, 2.24) is 19.3 Å². The molecule has 114 valence electrons. The van der Waals surface area contributed by atoms with Gasteiger partial charge in [0.15, 0.2) is 5.65 Å². The highest BCUT2D eigenvalue weighted by Crippen LogP contribution is 2.17. The average molecular weight is 296 g/mol. The van der Waals surface area contributed by atoms with Gasteiger partial charge in [0.2, 0.25) is 0 Å². The molecule has 0 fully saturated rings. The van der Waals surface area contributed by atoms with Crippen LogP contribution in [0.2, 0.25) is 0 Å². The standard InChI is InChI=1S/C17H20N4O/c1-4-5-8-20-11-18-16-15(17(20)22)10-19-21(16)14-7-6-12(2)13(3)9-14/h6-7,9-11H,4-5,8H2,1-3H3. The molecular weight excluding hydrogens is 276 g/mol. The van der Waals surface area contributed by atoms with Crippen molar-refractivity contribution < 1.29 is 0 Å². The first kappa shape index (κ1) is 14.5. The second-order valence-electron chi connectivity index (χ2n) is 5.66. The number of unbranched alkanes of at least 4 members (excludes halogenated alkanes) is 1. The fraction of sp³-hybridized carbons (Fsp3) is 0.353. The van der Waals surface area contributed by atoms with Crippen molar-refractivity contribution in [2.45, 2.75) is 40.2 Å². The number of aryl methyl sites for hydroxylation is 3. The molecular formula is C17H20N4O. The Morgan fingerprint density at radius 3 is 2.73 bits per heavy atom. The topological polar surface area (TPSA) is 52.7 Å². The SMILES string of the molecule is CCCCn1cnc2c(cnn2-c2ccc(C)c(C)c2)c1=O. The van der Waals surface area contributed by atoms with Crippen molar-refractivity contribution in [3.63, 3.8) is 0 Å².